The number of hydrogen-bond acceptors (Lipinski definition) is 4. The Morgan fingerprint density at radius 2 is 2.17 bits per heavy atom. The van der Waals surface area contributed by atoms with Crippen molar-refractivity contribution in [2.24, 2.45) is 0 Å². The summed E-state index contributed by atoms with van der Waals surface area (Å²) in [7, 11) is 0. The molecule has 1 aromatic heterocycles. The molecule has 23 heavy (non-hydrogen) atoms. The first-order valence-electron chi connectivity index (χ1n) is 7.72. The molecule has 5 nitrogen and oxygen atoms in total. The molecule has 0 saturated carbocycles. The van der Waals surface area contributed by atoms with Crippen LogP contribution in [0.25, 0.3) is 10.1 Å². The summed E-state index contributed by atoms with van der Waals surface area (Å²) in [6.45, 7) is 0.845. The van der Waals surface area contributed by atoms with Crippen molar-refractivity contribution in [3.8, 4) is 0 Å². The predicted molar refractivity (Wildman–Crippen MR) is 88.7 cm³/mol. The van der Waals surface area contributed by atoms with Gasteiger partial charge in [-0.25, -0.2) is 4.79 Å². The fourth-order valence-corrected chi connectivity index (χ4v) is 3.90. The average molecular weight is 333 g/mol. The highest BCUT2D eigenvalue weighted by Crippen LogP contribution is 2.26. The number of morpholine rings is 1. The van der Waals surface area contributed by atoms with E-state index in [2.05, 4.69) is 17.5 Å². The molecule has 2 heterocycles. The van der Waals surface area contributed by atoms with Crippen LogP contribution >= 0.6 is 11.3 Å². The van der Waals surface area contributed by atoms with Crippen molar-refractivity contribution in [3.63, 3.8) is 0 Å². The predicted octanol–water partition coefficient (Wildman–Crippen LogP) is 2.54. The number of carbonyl (C=O) groups excluding carboxylic acids is 1. The van der Waals surface area contributed by atoms with Gasteiger partial charge in [0, 0.05) is 17.7 Å². The number of ether oxygens (including phenoxy) is 1. The average Bonchev–Trinajstić information content (AvgIpc) is 2.98. The van der Waals surface area contributed by atoms with Gasteiger partial charge < -0.3 is 14.7 Å². The number of nitrogens with zero attached hydrogens (tertiary/aromatic N) is 1. The van der Waals surface area contributed by atoms with E-state index in [1.54, 1.807) is 11.3 Å². The lowest BCUT2D eigenvalue weighted by Crippen LogP contribution is -2.52. The highest BCUT2D eigenvalue weighted by atomic mass is 32.1. The zero-order valence-corrected chi connectivity index (χ0v) is 13.6. The maximum atomic E-state index is 12.3. The molecular formula is C17H19NO4S. The van der Waals surface area contributed by atoms with Crippen molar-refractivity contribution in [2.45, 2.75) is 25.3 Å². The summed E-state index contributed by atoms with van der Waals surface area (Å²) in [5.41, 5.74) is 1.26. The van der Waals surface area contributed by atoms with Gasteiger partial charge in [-0.05, 0) is 35.2 Å². The smallest absolute Gasteiger partial charge is 0.328 e. The first-order chi connectivity index (χ1) is 11.2. The molecule has 1 N–H and O–H groups in total. The van der Waals surface area contributed by atoms with Crippen molar-refractivity contribution in [1.29, 1.82) is 0 Å². The molecule has 0 aliphatic carbocycles. The molecule has 1 atom stereocenters. The first kappa shape index (κ1) is 16.0. The molecule has 1 aliphatic rings. The number of benzene rings is 1. The van der Waals surface area contributed by atoms with Gasteiger partial charge in [-0.1, -0.05) is 18.2 Å². The Kier molecular flexibility index (Phi) is 4.93. The highest BCUT2D eigenvalue weighted by molar-refractivity contribution is 7.17. The van der Waals surface area contributed by atoms with Gasteiger partial charge in [0.25, 0.3) is 0 Å². The molecule has 0 radical (unpaired) electrons. The van der Waals surface area contributed by atoms with E-state index in [0.29, 0.717) is 19.6 Å². The number of aryl methyl sites for hydroxylation is 1. The van der Waals surface area contributed by atoms with Crippen molar-refractivity contribution < 1.29 is 19.4 Å². The third kappa shape index (κ3) is 3.54. The van der Waals surface area contributed by atoms with Crippen LogP contribution in [0.15, 0.2) is 29.6 Å². The van der Waals surface area contributed by atoms with Crippen LogP contribution in [0.1, 0.15) is 18.4 Å². The summed E-state index contributed by atoms with van der Waals surface area (Å²) in [6, 6.07) is 7.40. The first-order valence-corrected chi connectivity index (χ1v) is 8.60. The Labute approximate surface area is 138 Å². The molecule has 0 spiro atoms. The van der Waals surface area contributed by atoms with Crippen LogP contribution in [0.4, 0.5) is 0 Å². The maximum absolute atomic E-state index is 12.3. The lowest BCUT2D eigenvalue weighted by atomic mass is 10.1. The lowest BCUT2D eigenvalue weighted by Gasteiger charge is -2.32. The van der Waals surface area contributed by atoms with E-state index in [1.807, 2.05) is 12.1 Å². The molecule has 1 aliphatic heterocycles. The van der Waals surface area contributed by atoms with E-state index in [4.69, 9.17) is 4.74 Å². The third-order valence-corrected chi connectivity index (χ3v) is 5.14. The Hall–Kier alpha value is -1.92. The van der Waals surface area contributed by atoms with Crippen LogP contribution in [0.3, 0.4) is 0 Å². The number of carbonyl (C=O) groups is 2. The van der Waals surface area contributed by atoms with Gasteiger partial charge in [0.05, 0.1) is 13.2 Å². The van der Waals surface area contributed by atoms with Crippen LogP contribution in [0.2, 0.25) is 0 Å². The zero-order chi connectivity index (χ0) is 16.2. The molecule has 122 valence electrons. The molecule has 1 amide bonds. The molecule has 3 rings (SSSR count). The number of hydrogen-bond donors (Lipinski definition) is 1. The largest absolute Gasteiger partial charge is 0.480 e. The standard InChI is InChI=1S/C17H19NO4S/c19-16(18-8-9-22-10-14(18)17(20)21)7-3-4-12-11-23-15-6-2-1-5-13(12)15/h1-2,5-6,11,14H,3-4,7-10H2,(H,20,21). The van der Waals surface area contributed by atoms with E-state index in [9.17, 15) is 14.7 Å². The number of fused-ring (bicyclic) bond motifs is 1. The lowest BCUT2D eigenvalue weighted by molar-refractivity contribution is -0.158. The normalized spacial score (nSPS) is 18.3. The van der Waals surface area contributed by atoms with Crippen molar-refractivity contribution in [2.75, 3.05) is 19.8 Å². The van der Waals surface area contributed by atoms with Crippen LogP contribution in [-0.4, -0.2) is 47.7 Å². The number of aliphatic carboxylic acids is 1. The Morgan fingerprint density at radius 1 is 1.35 bits per heavy atom. The van der Waals surface area contributed by atoms with E-state index in [1.165, 1.54) is 20.5 Å². The van der Waals surface area contributed by atoms with E-state index < -0.39 is 12.0 Å². The van der Waals surface area contributed by atoms with Gasteiger partial charge >= 0.3 is 5.97 Å². The second kappa shape index (κ2) is 7.10. The molecular weight excluding hydrogens is 314 g/mol. The summed E-state index contributed by atoms with van der Waals surface area (Å²) in [5, 5.41) is 12.6. The fourth-order valence-electron chi connectivity index (χ4n) is 2.91. The van der Waals surface area contributed by atoms with E-state index >= 15 is 0 Å². The van der Waals surface area contributed by atoms with E-state index in [0.717, 1.165) is 12.8 Å². The van der Waals surface area contributed by atoms with Gasteiger partial charge in [-0.3, -0.25) is 4.79 Å². The number of rotatable bonds is 5. The van der Waals surface area contributed by atoms with Gasteiger partial charge in [-0.2, -0.15) is 0 Å². The number of carboxylic acid groups (broad SMARTS) is 1. The molecule has 1 aromatic carbocycles. The molecule has 0 bridgehead atoms. The van der Waals surface area contributed by atoms with Gasteiger partial charge in [0.2, 0.25) is 5.91 Å². The van der Waals surface area contributed by atoms with Crippen LogP contribution in [-0.2, 0) is 20.7 Å². The summed E-state index contributed by atoms with van der Waals surface area (Å²) >= 11 is 1.72. The van der Waals surface area contributed by atoms with Gasteiger partial charge in [0.15, 0.2) is 6.04 Å². The Morgan fingerprint density at radius 3 is 3.00 bits per heavy atom. The number of amides is 1. The molecule has 2 aromatic rings. The van der Waals surface area contributed by atoms with Crippen molar-refractivity contribution in [1.82, 2.24) is 4.90 Å². The maximum Gasteiger partial charge on any atom is 0.328 e. The van der Waals surface area contributed by atoms with Gasteiger partial charge in [-0.15, -0.1) is 11.3 Å². The molecule has 1 fully saturated rings. The van der Waals surface area contributed by atoms with Crippen LogP contribution in [0, 0.1) is 0 Å². The second-order valence-corrected chi connectivity index (χ2v) is 6.54. The highest BCUT2D eigenvalue weighted by Gasteiger charge is 2.32. The number of thiophene rings is 1. The molecule has 1 unspecified atom stereocenters. The van der Waals surface area contributed by atoms with E-state index in [-0.39, 0.29) is 12.5 Å². The van der Waals surface area contributed by atoms with Crippen LogP contribution < -0.4 is 0 Å². The van der Waals surface area contributed by atoms with Crippen LogP contribution in [0.5, 0.6) is 0 Å². The number of carboxylic acids is 1. The topological polar surface area (TPSA) is 66.8 Å². The zero-order valence-electron chi connectivity index (χ0n) is 12.7. The molecule has 1 saturated heterocycles. The minimum Gasteiger partial charge on any atom is -0.480 e. The summed E-state index contributed by atoms with van der Waals surface area (Å²) in [5.74, 6) is -1.10. The molecule has 6 heteroatoms. The summed E-state index contributed by atoms with van der Waals surface area (Å²) in [4.78, 5) is 25.0. The fraction of sp³-hybridized carbons (Fsp3) is 0.412. The SMILES string of the molecule is O=C(O)C1COCCN1C(=O)CCCc1csc2ccccc12. The second-order valence-electron chi connectivity index (χ2n) is 5.63. The van der Waals surface area contributed by atoms with Crippen molar-refractivity contribution in [3.05, 3.63) is 35.2 Å². The minimum absolute atomic E-state index is 0.0796. The van der Waals surface area contributed by atoms with Crippen molar-refractivity contribution >= 4 is 33.3 Å². The Bertz CT molecular complexity index is 711. The quantitative estimate of drug-likeness (QED) is 0.913. The summed E-state index contributed by atoms with van der Waals surface area (Å²) < 4.78 is 6.42. The third-order valence-electron chi connectivity index (χ3n) is 4.13. The summed E-state index contributed by atoms with van der Waals surface area (Å²) in [6.07, 6.45) is 1.93. The monoisotopic (exact) mass is 333 g/mol. The minimum atomic E-state index is -0.998. The van der Waals surface area contributed by atoms with Gasteiger partial charge in [0.1, 0.15) is 0 Å². The Balaban J connectivity index is 1.57.